The van der Waals surface area contributed by atoms with E-state index in [2.05, 4.69) is 4.98 Å². The van der Waals surface area contributed by atoms with E-state index in [4.69, 9.17) is 4.74 Å². The number of carbonyl (C=O) groups excluding carboxylic acids is 1. The second-order valence-corrected chi connectivity index (χ2v) is 7.01. The van der Waals surface area contributed by atoms with Gasteiger partial charge in [-0.2, -0.15) is 13.2 Å². The molecule has 2 aliphatic heterocycles. The third-order valence-electron chi connectivity index (χ3n) is 5.20. The molecule has 0 N–H and O–H groups in total. The SMILES string of the molecule is CN1C(=O)c2cc(C(F)(F)F)ccc2O[C@H]2CN(Cc3ccncc3F)C[C@H]21. The van der Waals surface area contributed by atoms with E-state index in [1.807, 2.05) is 4.90 Å². The van der Waals surface area contributed by atoms with Crippen LogP contribution in [0.2, 0.25) is 0 Å². The number of hydrogen-bond donors (Lipinski definition) is 0. The molecule has 4 rings (SSSR count). The molecule has 1 aromatic carbocycles. The van der Waals surface area contributed by atoms with Crippen LogP contribution in [0.1, 0.15) is 21.5 Å². The lowest BCUT2D eigenvalue weighted by atomic mass is 10.1. The number of halogens is 4. The van der Waals surface area contributed by atoms with Gasteiger partial charge in [-0.25, -0.2) is 4.39 Å². The van der Waals surface area contributed by atoms with Crippen LogP contribution in [-0.2, 0) is 12.7 Å². The highest BCUT2D eigenvalue weighted by Gasteiger charge is 2.43. The highest BCUT2D eigenvalue weighted by atomic mass is 19.4. The van der Waals surface area contributed by atoms with Gasteiger partial charge in [0.2, 0.25) is 0 Å². The first-order chi connectivity index (χ1) is 13.2. The fourth-order valence-electron chi connectivity index (χ4n) is 3.70. The molecule has 1 saturated heterocycles. The number of aromatic nitrogens is 1. The Hall–Kier alpha value is -2.68. The van der Waals surface area contributed by atoms with Gasteiger partial charge in [-0.15, -0.1) is 0 Å². The molecule has 1 fully saturated rings. The number of pyridine rings is 1. The Bertz CT molecular complexity index is 918. The number of fused-ring (bicyclic) bond motifs is 2. The van der Waals surface area contributed by atoms with Gasteiger partial charge >= 0.3 is 6.18 Å². The fourth-order valence-corrected chi connectivity index (χ4v) is 3.70. The molecule has 0 radical (unpaired) electrons. The summed E-state index contributed by atoms with van der Waals surface area (Å²) in [6.45, 7) is 1.17. The van der Waals surface area contributed by atoms with Crippen LogP contribution in [0, 0.1) is 5.82 Å². The number of likely N-dealkylation sites (tertiary alicyclic amines) is 1. The Balaban J connectivity index is 1.59. The van der Waals surface area contributed by atoms with Crippen molar-refractivity contribution >= 4 is 5.91 Å². The molecule has 2 aromatic rings. The first-order valence-electron chi connectivity index (χ1n) is 8.70. The van der Waals surface area contributed by atoms with E-state index < -0.39 is 29.6 Å². The largest absolute Gasteiger partial charge is 0.486 e. The van der Waals surface area contributed by atoms with Gasteiger partial charge in [-0.1, -0.05) is 0 Å². The Morgan fingerprint density at radius 2 is 2.04 bits per heavy atom. The van der Waals surface area contributed by atoms with E-state index in [9.17, 15) is 22.4 Å². The average molecular weight is 395 g/mol. The van der Waals surface area contributed by atoms with Gasteiger partial charge in [-0.3, -0.25) is 14.7 Å². The van der Waals surface area contributed by atoms with Gasteiger partial charge in [0.1, 0.15) is 17.7 Å². The fraction of sp³-hybridized carbons (Fsp3) is 0.368. The minimum absolute atomic E-state index is 0.0987. The first-order valence-corrected chi connectivity index (χ1v) is 8.70. The second-order valence-electron chi connectivity index (χ2n) is 7.01. The van der Waals surface area contributed by atoms with Crippen LogP contribution < -0.4 is 4.74 Å². The predicted molar refractivity (Wildman–Crippen MR) is 91.2 cm³/mol. The van der Waals surface area contributed by atoms with E-state index in [-0.39, 0.29) is 17.4 Å². The molecule has 148 valence electrons. The minimum atomic E-state index is -4.54. The molecule has 28 heavy (non-hydrogen) atoms. The topological polar surface area (TPSA) is 45.7 Å². The second kappa shape index (κ2) is 6.73. The molecular weight excluding hydrogens is 378 g/mol. The molecule has 2 aliphatic rings. The number of amides is 1. The van der Waals surface area contributed by atoms with Crippen LogP contribution in [0.15, 0.2) is 36.7 Å². The number of rotatable bonds is 2. The molecule has 1 aromatic heterocycles. The maximum atomic E-state index is 13.9. The third-order valence-corrected chi connectivity index (χ3v) is 5.20. The molecule has 0 bridgehead atoms. The van der Waals surface area contributed by atoms with E-state index >= 15 is 0 Å². The maximum Gasteiger partial charge on any atom is 0.416 e. The molecule has 0 aliphatic carbocycles. The molecule has 0 saturated carbocycles. The summed E-state index contributed by atoms with van der Waals surface area (Å²) >= 11 is 0. The number of alkyl halides is 3. The number of likely N-dealkylation sites (N-methyl/N-ethyl adjacent to an activating group) is 1. The van der Waals surface area contributed by atoms with Gasteiger partial charge < -0.3 is 9.64 Å². The lowest BCUT2D eigenvalue weighted by molar-refractivity contribution is -0.137. The number of benzene rings is 1. The van der Waals surface area contributed by atoms with E-state index in [1.165, 1.54) is 17.2 Å². The summed E-state index contributed by atoms with van der Waals surface area (Å²) in [5.74, 6) is -0.801. The molecule has 9 heteroatoms. The van der Waals surface area contributed by atoms with Crippen molar-refractivity contribution in [2.24, 2.45) is 0 Å². The standard InChI is InChI=1S/C19H17F4N3O2/c1-25-15-9-26(8-11-4-5-24-7-14(11)20)10-17(15)28-16-3-2-12(19(21,22)23)6-13(16)18(25)27/h2-7,15,17H,8-10H2,1H3/t15-,17+/m1/s1. The normalized spacial score (nSPS) is 22.5. The van der Waals surface area contributed by atoms with Crippen LogP contribution in [0.5, 0.6) is 5.75 Å². The van der Waals surface area contributed by atoms with Crippen molar-refractivity contribution in [1.29, 1.82) is 0 Å². The van der Waals surface area contributed by atoms with Gasteiger partial charge in [0.25, 0.3) is 5.91 Å². The van der Waals surface area contributed by atoms with Crippen molar-refractivity contribution in [3.05, 3.63) is 59.2 Å². The third kappa shape index (κ3) is 3.30. The van der Waals surface area contributed by atoms with Crippen LogP contribution in [-0.4, -0.2) is 53.0 Å². The zero-order chi connectivity index (χ0) is 20.1. The summed E-state index contributed by atoms with van der Waals surface area (Å²) in [6.07, 6.45) is -2.31. The number of hydrogen-bond acceptors (Lipinski definition) is 4. The van der Waals surface area contributed by atoms with Gasteiger partial charge in [-0.05, 0) is 24.3 Å². The Morgan fingerprint density at radius 3 is 2.75 bits per heavy atom. The maximum absolute atomic E-state index is 13.9. The highest BCUT2D eigenvalue weighted by Crippen LogP contribution is 2.36. The summed E-state index contributed by atoms with van der Waals surface area (Å²) in [4.78, 5) is 19.9. The Kier molecular flexibility index (Phi) is 4.49. The smallest absolute Gasteiger partial charge is 0.416 e. The number of nitrogens with zero attached hydrogens (tertiary/aromatic N) is 3. The molecule has 3 heterocycles. The number of carbonyl (C=O) groups is 1. The van der Waals surface area contributed by atoms with Crippen molar-refractivity contribution in [2.45, 2.75) is 24.9 Å². The first kappa shape index (κ1) is 18.7. The average Bonchev–Trinajstić information content (AvgIpc) is 3.00. The lowest BCUT2D eigenvalue weighted by Crippen LogP contribution is -2.44. The van der Waals surface area contributed by atoms with E-state index in [0.29, 0.717) is 25.2 Å². The summed E-state index contributed by atoms with van der Waals surface area (Å²) in [6, 6.07) is 4.18. The zero-order valence-electron chi connectivity index (χ0n) is 14.9. The summed E-state index contributed by atoms with van der Waals surface area (Å²) < 4.78 is 58.8. The molecular formula is C19H17F4N3O2. The van der Waals surface area contributed by atoms with Crippen molar-refractivity contribution < 1.29 is 27.1 Å². The van der Waals surface area contributed by atoms with Crippen LogP contribution in [0.4, 0.5) is 17.6 Å². The molecule has 2 atom stereocenters. The lowest BCUT2D eigenvalue weighted by Gasteiger charge is -2.25. The van der Waals surface area contributed by atoms with E-state index in [1.54, 1.807) is 13.1 Å². The monoisotopic (exact) mass is 395 g/mol. The molecule has 0 unspecified atom stereocenters. The van der Waals surface area contributed by atoms with Crippen LogP contribution >= 0.6 is 0 Å². The van der Waals surface area contributed by atoms with Crippen LogP contribution in [0.25, 0.3) is 0 Å². The quantitative estimate of drug-likeness (QED) is 0.734. The predicted octanol–water partition coefficient (Wildman–Crippen LogP) is 2.96. The zero-order valence-corrected chi connectivity index (χ0v) is 14.9. The summed E-state index contributed by atoms with van der Waals surface area (Å²) in [5, 5.41) is 0. The Labute approximate surface area is 158 Å². The van der Waals surface area contributed by atoms with Gasteiger partial charge in [0.05, 0.1) is 23.4 Å². The van der Waals surface area contributed by atoms with E-state index in [0.717, 1.165) is 18.3 Å². The molecule has 1 amide bonds. The highest BCUT2D eigenvalue weighted by molar-refractivity contribution is 5.97. The van der Waals surface area contributed by atoms with Crippen molar-refractivity contribution in [3.63, 3.8) is 0 Å². The summed E-state index contributed by atoms with van der Waals surface area (Å²) in [5.41, 5.74) is -0.507. The van der Waals surface area contributed by atoms with Crippen LogP contribution in [0.3, 0.4) is 0 Å². The molecule has 0 spiro atoms. The van der Waals surface area contributed by atoms with Gasteiger partial charge in [0, 0.05) is 38.4 Å². The summed E-state index contributed by atoms with van der Waals surface area (Å²) in [7, 11) is 1.55. The van der Waals surface area contributed by atoms with Crippen molar-refractivity contribution in [1.82, 2.24) is 14.8 Å². The molecule has 5 nitrogen and oxygen atoms in total. The van der Waals surface area contributed by atoms with Crippen molar-refractivity contribution in [2.75, 3.05) is 20.1 Å². The Morgan fingerprint density at radius 1 is 1.25 bits per heavy atom. The minimum Gasteiger partial charge on any atom is -0.486 e. The number of ether oxygens (including phenoxy) is 1. The van der Waals surface area contributed by atoms with Gasteiger partial charge in [0.15, 0.2) is 0 Å². The van der Waals surface area contributed by atoms with Crippen molar-refractivity contribution in [3.8, 4) is 5.75 Å².